The standard InChI is InChI=1S/C12H11F3N2O2/c1-3-19-11(18)8-4-5-17-9(12(13,14)15)6-7(2)16-10(8)17/h4-6H,3H2,1-2H3. The van der Waals surface area contributed by atoms with Crippen molar-refractivity contribution in [1.82, 2.24) is 9.38 Å². The van der Waals surface area contributed by atoms with Gasteiger partial charge in [-0.1, -0.05) is 0 Å². The number of nitrogens with zero attached hydrogens (tertiary/aromatic N) is 2. The highest BCUT2D eigenvalue weighted by molar-refractivity contribution is 5.96. The van der Waals surface area contributed by atoms with Gasteiger partial charge in [-0.2, -0.15) is 13.2 Å². The smallest absolute Gasteiger partial charge is 0.431 e. The van der Waals surface area contributed by atoms with Gasteiger partial charge in [-0.25, -0.2) is 9.78 Å². The molecule has 0 N–H and O–H groups in total. The second-order valence-electron chi connectivity index (χ2n) is 3.92. The number of rotatable bonds is 2. The van der Waals surface area contributed by atoms with Crippen molar-refractivity contribution in [2.24, 2.45) is 0 Å². The van der Waals surface area contributed by atoms with Crippen molar-refractivity contribution in [3.05, 3.63) is 35.3 Å². The molecule has 102 valence electrons. The summed E-state index contributed by atoms with van der Waals surface area (Å²) in [5.74, 6) is -0.684. The molecule has 0 unspecified atom stereocenters. The molecule has 2 aromatic heterocycles. The minimum absolute atomic E-state index is 0.0241. The Labute approximate surface area is 106 Å². The summed E-state index contributed by atoms with van der Waals surface area (Å²) in [4.78, 5) is 15.6. The first kappa shape index (κ1) is 13.4. The zero-order valence-corrected chi connectivity index (χ0v) is 10.3. The Kier molecular flexibility index (Phi) is 3.21. The molecule has 19 heavy (non-hydrogen) atoms. The number of ether oxygens (including phenoxy) is 1. The van der Waals surface area contributed by atoms with Crippen LogP contribution in [0, 0.1) is 6.92 Å². The minimum atomic E-state index is -4.52. The summed E-state index contributed by atoms with van der Waals surface area (Å²) in [6, 6.07) is 2.21. The second kappa shape index (κ2) is 4.56. The third kappa shape index (κ3) is 2.40. The van der Waals surface area contributed by atoms with E-state index in [9.17, 15) is 18.0 Å². The van der Waals surface area contributed by atoms with Gasteiger partial charge in [-0.3, -0.25) is 4.40 Å². The summed E-state index contributed by atoms with van der Waals surface area (Å²) in [6.07, 6.45) is -3.35. The molecule has 7 heteroatoms. The van der Waals surface area contributed by atoms with E-state index in [1.54, 1.807) is 6.92 Å². The van der Waals surface area contributed by atoms with Gasteiger partial charge >= 0.3 is 12.1 Å². The quantitative estimate of drug-likeness (QED) is 0.789. The van der Waals surface area contributed by atoms with E-state index in [2.05, 4.69) is 4.98 Å². The molecule has 0 aromatic carbocycles. The Balaban J connectivity index is 2.67. The van der Waals surface area contributed by atoms with Crippen LogP contribution in [0.4, 0.5) is 13.2 Å². The number of halogens is 3. The van der Waals surface area contributed by atoms with Crippen LogP contribution in [0.3, 0.4) is 0 Å². The van der Waals surface area contributed by atoms with Crippen molar-refractivity contribution < 1.29 is 22.7 Å². The molecule has 0 aliphatic carbocycles. The Morgan fingerprint density at radius 2 is 2.16 bits per heavy atom. The molecule has 0 spiro atoms. The van der Waals surface area contributed by atoms with E-state index >= 15 is 0 Å². The first-order valence-corrected chi connectivity index (χ1v) is 5.57. The maximum Gasteiger partial charge on any atom is 0.431 e. The van der Waals surface area contributed by atoms with Crippen molar-refractivity contribution in [3.8, 4) is 0 Å². The topological polar surface area (TPSA) is 43.6 Å². The summed E-state index contributed by atoms with van der Waals surface area (Å²) in [5, 5.41) is 0. The van der Waals surface area contributed by atoms with Crippen LogP contribution in [0.25, 0.3) is 5.65 Å². The Hall–Kier alpha value is -2.05. The summed E-state index contributed by atoms with van der Waals surface area (Å²) in [7, 11) is 0. The van der Waals surface area contributed by atoms with E-state index in [0.29, 0.717) is 0 Å². The van der Waals surface area contributed by atoms with Gasteiger partial charge in [0.15, 0.2) is 5.65 Å². The average molecular weight is 272 g/mol. The third-order valence-corrected chi connectivity index (χ3v) is 2.53. The number of aromatic nitrogens is 2. The second-order valence-corrected chi connectivity index (χ2v) is 3.92. The van der Waals surface area contributed by atoms with Crippen molar-refractivity contribution in [2.45, 2.75) is 20.0 Å². The molecule has 0 fully saturated rings. The predicted molar refractivity (Wildman–Crippen MR) is 60.9 cm³/mol. The zero-order valence-electron chi connectivity index (χ0n) is 10.3. The zero-order chi connectivity index (χ0) is 14.2. The average Bonchev–Trinajstić information content (AvgIpc) is 2.70. The van der Waals surface area contributed by atoms with Crippen LogP contribution in [-0.4, -0.2) is 22.0 Å². The molecule has 0 saturated carbocycles. The van der Waals surface area contributed by atoms with Crippen molar-refractivity contribution in [3.63, 3.8) is 0 Å². The lowest BCUT2D eigenvalue weighted by Crippen LogP contribution is -2.13. The van der Waals surface area contributed by atoms with Crippen molar-refractivity contribution >= 4 is 11.6 Å². The molecular formula is C12H11F3N2O2. The van der Waals surface area contributed by atoms with Gasteiger partial charge in [-0.05, 0) is 26.0 Å². The number of hydrogen-bond donors (Lipinski definition) is 0. The van der Waals surface area contributed by atoms with E-state index in [1.807, 2.05) is 0 Å². The molecule has 0 atom stereocenters. The highest BCUT2D eigenvalue weighted by atomic mass is 19.4. The highest BCUT2D eigenvalue weighted by Gasteiger charge is 2.34. The summed E-state index contributed by atoms with van der Waals surface area (Å²) >= 11 is 0. The van der Waals surface area contributed by atoms with Crippen molar-refractivity contribution in [1.29, 1.82) is 0 Å². The van der Waals surface area contributed by atoms with E-state index in [4.69, 9.17) is 4.74 Å². The van der Waals surface area contributed by atoms with Crippen LogP contribution in [-0.2, 0) is 10.9 Å². The first-order valence-electron chi connectivity index (χ1n) is 5.57. The largest absolute Gasteiger partial charge is 0.462 e. The fraction of sp³-hybridized carbons (Fsp3) is 0.333. The molecule has 2 aromatic rings. The molecule has 0 aliphatic rings. The number of carbonyl (C=O) groups is 1. The van der Waals surface area contributed by atoms with Crippen LogP contribution >= 0.6 is 0 Å². The number of alkyl halides is 3. The van der Waals surface area contributed by atoms with Gasteiger partial charge in [-0.15, -0.1) is 0 Å². The van der Waals surface area contributed by atoms with Gasteiger partial charge in [0, 0.05) is 11.9 Å². The highest BCUT2D eigenvalue weighted by Crippen LogP contribution is 2.31. The van der Waals surface area contributed by atoms with E-state index in [-0.39, 0.29) is 23.5 Å². The summed E-state index contributed by atoms with van der Waals surface area (Å²) in [6.45, 7) is 3.21. The molecule has 0 bridgehead atoms. The van der Waals surface area contributed by atoms with Crippen LogP contribution in [0.2, 0.25) is 0 Å². The number of esters is 1. The van der Waals surface area contributed by atoms with E-state index < -0.39 is 17.8 Å². The molecular weight excluding hydrogens is 261 g/mol. The van der Waals surface area contributed by atoms with Crippen LogP contribution < -0.4 is 0 Å². The SMILES string of the molecule is CCOC(=O)c1ccn2c(C(F)(F)F)cc(C)nc12. The lowest BCUT2D eigenvalue weighted by atomic mass is 10.3. The minimum Gasteiger partial charge on any atom is -0.462 e. The van der Waals surface area contributed by atoms with Gasteiger partial charge in [0.25, 0.3) is 0 Å². The number of hydrogen-bond acceptors (Lipinski definition) is 3. The number of aryl methyl sites for hydroxylation is 1. The monoisotopic (exact) mass is 272 g/mol. The Morgan fingerprint density at radius 3 is 2.74 bits per heavy atom. The lowest BCUT2D eigenvalue weighted by molar-refractivity contribution is -0.142. The number of carbonyl (C=O) groups excluding carboxylic acids is 1. The maximum atomic E-state index is 12.9. The van der Waals surface area contributed by atoms with Gasteiger partial charge in [0.2, 0.25) is 0 Å². The first-order chi connectivity index (χ1) is 8.84. The molecule has 4 nitrogen and oxygen atoms in total. The van der Waals surface area contributed by atoms with Gasteiger partial charge < -0.3 is 4.74 Å². The van der Waals surface area contributed by atoms with Crippen LogP contribution in [0.1, 0.15) is 28.7 Å². The molecule has 0 amide bonds. The van der Waals surface area contributed by atoms with Crippen LogP contribution in [0.15, 0.2) is 18.3 Å². The molecule has 0 saturated heterocycles. The molecule has 2 heterocycles. The van der Waals surface area contributed by atoms with Crippen LogP contribution in [0.5, 0.6) is 0 Å². The fourth-order valence-corrected chi connectivity index (χ4v) is 1.79. The van der Waals surface area contributed by atoms with Gasteiger partial charge in [0.05, 0.1) is 6.61 Å². The molecule has 0 radical (unpaired) electrons. The molecule has 2 rings (SSSR count). The van der Waals surface area contributed by atoms with E-state index in [1.165, 1.54) is 13.0 Å². The maximum absolute atomic E-state index is 12.9. The lowest BCUT2D eigenvalue weighted by Gasteiger charge is -2.11. The Bertz CT molecular complexity index is 632. The van der Waals surface area contributed by atoms with Gasteiger partial charge in [0.1, 0.15) is 11.3 Å². The predicted octanol–water partition coefficient (Wildman–Crippen LogP) is 2.84. The van der Waals surface area contributed by atoms with E-state index in [0.717, 1.165) is 16.7 Å². The normalized spacial score (nSPS) is 11.8. The summed E-state index contributed by atoms with van der Waals surface area (Å²) < 4.78 is 44.3. The fourth-order valence-electron chi connectivity index (χ4n) is 1.79. The number of fused-ring (bicyclic) bond motifs is 1. The summed E-state index contributed by atoms with van der Waals surface area (Å²) in [5.41, 5.74) is -0.712. The van der Waals surface area contributed by atoms with Crippen molar-refractivity contribution in [2.75, 3.05) is 6.61 Å². The molecule has 0 aliphatic heterocycles. The third-order valence-electron chi connectivity index (χ3n) is 2.53. The Morgan fingerprint density at radius 1 is 1.47 bits per heavy atom.